The lowest BCUT2D eigenvalue weighted by Gasteiger charge is -2.59. The molecule has 4 saturated carbocycles. The van der Waals surface area contributed by atoms with E-state index in [1.54, 1.807) is 0 Å². The third-order valence-corrected chi connectivity index (χ3v) is 9.54. The van der Waals surface area contributed by atoms with Crippen LogP contribution in [0.2, 0.25) is 5.82 Å². The van der Waals surface area contributed by atoms with Crippen molar-refractivity contribution < 1.29 is 9.31 Å². The molecular weight excluding hydrogens is 307 g/mol. The molecule has 140 valence electrons. The fraction of sp³-hybridized carbons (Fsp3) is 1.00. The molecule has 2 nitrogen and oxygen atoms in total. The van der Waals surface area contributed by atoms with Crippen LogP contribution in [0, 0.1) is 35.5 Å². The van der Waals surface area contributed by atoms with Gasteiger partial charge in [0, 0.05) is 0 Å². The summed E-state index contributed by atoms with van der Waals surface area (Å²) in [6.45, 7) is 8.86. The number of hydrogen-bond donors (Lipinski definition) is 0. The zero-order valence-corrected chi connectivity index (χ0v) is 16.8. The minimum Gasteiger partial charge on any atom is -0.403 e. The van der Waals surface area contributed by atoms with Gasteiger partial charge in [-0.2, -0.15) is 0 Å². The van der Waals surface area contributed by atoms with Crippen LogP contribution in [0.15, 0.2) is 0 Å². The molecule has 7 unspecified atom stereocenters. The third kappa shape index (κ3) is 2.51. The molecule has 25 heavy (non-hydrogen) atoms. The van der Waals surface area contributed by atoms with Gasteiger partial charge in [-0.25, -0.2) is 0 Å². The molecular formula is C22H37BO2. The molecule has 7 atom stereocenters. The molecule has 0 radical (unpaired) electrons. The predicted octanol–water partition coefficient (Wildman–Crippen LogP) is 5.71. The molecule has 1 saturated heterocycles. The van der Waals surface area contributed by atoms with E-state index in [1.807, 2.05) is 0 Å². The lowest BCUT2D eigenvalue weighted by Crippen LogP contribution is -2.52. The first-order valence-electron chi connectivity index (χ1n) is 11.2. The molecule has 5 rings (SSSR count). The van der Waals surface area contributed by atoms with Gasteiger partial charge in [-0.1, -0.05) is 38.5 Å². The van der Waals surface area contributed by atoms with Crippen molar-refractivity contribution in [3.05, 3.63) is 0 Å². The fourth-order valence-corrected chi connectivity index (χ4v) is 7.74. The Morgan fingerprint density at radius 3 is 1.80 bits per heavy atom. The van der Waals surface area contributed by atoms with E-state index in [0.717, 1.165) is 35.5 Å². The number of rotatable bonds is 1. The van der Waals surface area contributed by atoms with Crippen molar-refractivity contribution in [1.29, 1.82) is 0 Å². The van der Waals surface area contributed by atoms with Crippen molar-refractivity contribution in [3.8, 4) is 0 Å². The van der Waals surface area contributed by atoms with Crippen molar-refractivity contribution >= 4 is 7.12 Å². The highest BCUT2D eigenvalue weighted by molar-refractivity contribution is 6.47. The Kier molecular flexibility index (Phi) is 3.93. The Morgan fingerprint density at radius 2 is 1.16 bits per heavy atom. The zero-order valence-electron chi connectivity index (χ0n) is 16.8. The minimum atomic E-state index is -0.175. The van der Waals surface area contributed by atoms with E-state index >= 15 is 0 Å². The van der Waals surface area contributed by atoms with Crippen LogP contribution in [-0.4, -0.2) is 18.3 Å². The maximum Gasteiger partial charge on any atom is 0.461 e. The average Bonchev–Trinajstić information content (AvgIpc) is 2.80. The molecule has 3 heteroatoms. The summed E-state index contributed by atoms with van der Waals surface area (Å²) < 4.78 is 13.1. The lowest BCUT2D eigenvalue weighted by atomic mass is 9.42. The highest BCUT2D eigenvalue weighted by atomic mass is 16.7. The van der Waals surface area contributed by atoms with Gasteiger partial charge in [0.05, 0.1) is 11.2 Å². The van der Waals surface area contributed by atoms with Gasteiger partial charge in [-0.05, 0) is 88.3 Å². The van der Waals surface area contributed by atoms with Crippen molar-refractivity contribution in [2.45, 2.75) is 103 Å². The average molecular weight is 344 g/mol. The molecule has 0 bridgehead atoms. The summed E-state index contributed by atoms with van der Waals surface area (Å²) in [5.41, 5.74) is -0.350. The third-order valence-electron chi connectivity index (χ3n) is 9.54. The SMILES string of the molecule is CC1(C)OB(C2CCC3CCC4CCCC5CCC2C3C45)OC1(C)C. The summed E-state index contributed by atoms with van der Waals surface area (Å²) in [7, 11) is 0.0384. The summed E-state index contributed by atoms with van der Waals surface area (Å²) in [6.07, 6.45) is 13.3. The van der Waals surface area contributed by atoms with Crippen molar-refractivity contribution in [3.63, 3.8) is 0 Å². The topological polar surface area (TPSA) is 18.5 Å². The van der Waals surface area contributed by atoms with Crippen molar-refractivity contribution in [2.24, 2.45) is 35.5 Å². The number of hydrogen-bond acceptors (Lipinski definition) is 2. The van der Waals surface area contributed by atoms with Gasteiger partial charge in [0.25, 0.3) is 0 Å². The first kappa shape index (κ1) is 17.1. The Hall–Kier alpha value is -0.0151. The second-order valence-corrected chi connectivity index (χ2v) is 11.1. The summed E-state index contributed by atoms with van der Waals surface area (Å²) in [5, 5.41) is 0. The maximum absolute atomic E-state index is 6.55. The van der Waals surface area contributed by atoms with E-state index in [0.29, 0.717) is 5.82 Å². The molecule has 1 heterocycles. The van der Waals surface area contributed by atoms with Gasteiger partial charge < -0.3 is 9.31 Å². The molecule has 0 N–H and O–H groups in total. The second kappa shape index (κ2) is 5.74. The molecule has 4 aliphatic carbocycles. The van der Waals surface area contributed by atoms with Crippen LogP contribution in [0.5, 0.6) is 0 Å². The molecule has 0 aromatic heterocycles. The van der Waals surface area contributed by atoms with E-state index in [-0.39, 0.29) is 18.3 Å². The predicted molar refractivity (Wildman–Crippen MR) is 102 cm³/mol. The largest absolute Gasteiger partial charge is 0.461 e. The van der Waals surface area contributed by atoms with Gasteiger partial charge in [0.1, 0.15) is 0 Å². The fourth-order valence-electron chi connectivity index (χ4n) is 7.74. The lowest BCUT2D eigenvalue weighted by molar-refractivity contribution is -0.0791. The highest BCUT2D eigenvalue weighted by Crippen LogP contribution is 2.63. The molecule has 0 aromatic carbocycles. The maximum atomic E-state index is 6.55. The van der Waals surface area contributed by atoms with E-state index < -0.39 is 0 Å². The molecule has 1 aliphatic heterocycles. The Balaban J connectivity index is 1.42. The molecule has 5 aliphatic rings. The smallest absolute Gasteiger partial charge is 0.403 e. The van der Waals surface area contributed by atoms with Crippen LogP contribution in [0.3, 0.4) is 0 Å². The van der Waals surface area contributed by atoms with Crippen LogP contribution < -0.4 is 0 Å². The van der Waals surface area contributed by atoms with Crippen LogP contribution in [0.4, 0.5) is 0 Å². The summed E-state index contributed by atoms with van der Waals surface area (Å²) in [5.74, 6) is 6.69. The monoisotopic (exact) mass is 344 g/mol. The standard InChI is InChI=1S/C22H37BO2/c1-21(2)22(3,4)25-23(24-21)18-13-11-16-9-8-14-6-5-7-15-10-12-17(18)20(16)19(14)15/h14-20H,5-13H2,1-4H3. The van der Waals surface area contributed by atoms with E-state index in [4.69, 9.17) is 9.31 Å². The first-order chi connectivity index (χ1) is 11.9. The van der Waals surface area contributed by atoms with Crippen LogP contribution in [-0.2, 0) is 9.31 Å². The van der Waals surface area contributed by atoms with Crippen LogP contribution >= 0.6 is 0 Å². The zero-order chi connectivity index (χ0) is 17.4. The quantitative estimate of drug-likeness (QED) is 0.567. The van der Waals surface area contributed by atoms with Gasteiger partial charge in [0.15, 0.2) is 0 Å². The highest BCUT2D eigenvalue weighted by Gasteiger charge is 2.60. The van der Waals surface area contributed by atoms with Crippen LogP contribution in [0.1, 0.15) is 85.5 Å². The minimum absolute atomic E-state index is 0.0384. The molecule has 0 amide bonds. The normalized spacial score (nSPS) is 50.4. The molecule has 5 fully saturated rings. The Morgan fingerprint density at radius 1 is 0.640 bits per heavy atom. The molecule has 0 aromatic rings. The summed E-state index contributed by atoms with van der Waals surface area (Å²) >= 11 is 0. The van der Waals surface area contributed by atoms with Crippen LogP contribution in [0.25, 0.3) is 0 Å². The van der Waals surface area contributed by atoms with E-state index in [9.17, 15) is 0 Å². The van der Waals surface area contributed by atoms with Gasteiger partial charge in [0.2, 0.25) is 0 Å². The van der Waals surface area contributed by atoms with E-state index in [1.165, 1.54) is 57.8 Å². The summed E-state index contributed by atoms with van der Waals surface area (Å²) in [4.78, 5) is 0. The molecule has 0 spiro atoms. The van der Waals surface area contributed by atoms with Gasteiger partial charge in [-0.15, -0.1) is 0 Å². The van der Waals surface area contributed by atoms with Gasteiger partial charge >= 0.3 is 7.12 Å². The van der Waals surface area contributed by atoms with E-state index in [2.05, 4.69) is 27.7 Å². The van der Waals surface area contributed by atoms with Gasteiger partial charge in [-0.3, -0.25) is 0 Å². The summed E-state index contributed by atoms with van der Waals surface area (Å²) in [6, 6.07) is 0. The first-order valence-corrected chi connectivity index (χ1v) is 11.2. The Bertz CT molecular complexity index is 508. The van der Waals surface area contributed by atoms with Crippen molar-refractivity contribution in [2.75, 3.05) is 0 Å². The Labute approximate surface area is 154 Å². The second-order valence-electron chi connectivity index (χ2n) is 11.1. The van der Waals surface area contributed by atoms with Crippen molar-refractivity contribution in [1.82, 2.24) is 0 Å².